The fraction of sp³-hybridized carbons (Fsp3) is 0.0769. The molecule has 0 saturated carbocycles. The summed E-state index contributed by atoms with van der Waals surface area (Å²) in [5.74, 6) is -1.28. The first-order valence-electron chi connectivity index (χ1n) is 5.04. The van der Waals surface area contributed by atoms with Gasteiger partial charge in [0.15, 0.2) is 0 Å². The second kappa shape index (κ2) is 4.82. The molecule has 0 fully saturated rings. The second-order valence-electron chi connectivity index (χ2n) is 3.68. The predicted octanol–water partition coefficient (Wildman–Crippen LogP) is 3.67. The predicted molar refractivity (Wildman–Crippen MR) is 63.8 cm³/mol. The Labute approximate surface area is 103 Å². The van der Waals surface area contributed by atoms with Gasteiger partial charge in [-0.2, -0.15) is 0 Å². The molecule has 1 atom stereocenters. The van der Waals surface area contributed by atoms with Crippen LogP contribution in [0.3, 0.4) is 0 Å². The van der Waals surface area contributed by atoms with Crippen molar-refractivity contribution in [1.82, 2.24) is 0 Å². The summed E-state index contributed by atoms with van der Waals surface area (Å²) in [6.45, 7) is 0. The van der Waals surface area contributed by atoms with Crippen LogP contribution in [0.2, 0.25) is 5.02 Å². The zero-order valence-corrected chi connectivity index (χ0v) is 9.59. The van der Waals surface area contributed by atoms with Crippen LogP contribution in [0.1, 0.15) is 17.2 Å². The molecule has 0 amide bonds. The molecule has 2 rings (SSSR count). The van der Waals surface area contributed by atoms with Crippen LogP contribution in [-0.4, -0.2) is 0 Å². The summed E-state index contributed by atoms with van der Waals surface area (Å²) in [6, 6.07) is 10.2. The van der Waals surface area contributed by atoms with Gasteiger partial charge in [0.05, 0.1) is 11.1 Å². The van der Waals surface area contributed by atoms with E-state index in [4.69, 9.17) is 17.3 Å². The highest BCUT2D eigenvalue weighted by atomic mass is 35.5. The molecule has 0 bridgehead atoms. The third kappa shape index (κ3) is 2.46. The van der Waals surface area contributed by atoms with E-state index in [9.17, 15) is 8.78 Å². The highest BCUT2D eigenvalue weighted by Gasteiger charge is 2.16. The van der Waals surface area contributed by atoms with Gasteiger partial charge in [-0.05, 0) is 17.7 Å². The van der Waals surface area contributed by atoms with Gasteiger partial charge in [0, 0.05) is 5.56 Å². The monoisotopic (exact) mass is 253 g/mol. The van der Waals surface area contributed by atoms with Gasteiger partial charge in [0.1, 0.15) is 11.6 Å². The van der Waals surface area contributed by atoms with Crippen molar-refractivity contribution in [1.29, 1.82) is 0 Å². The van der Waals surface area contributed by atoms with Crippen molar-refractivity contribution < 1.29 is 8.78 Å². The molecule has 2 aromatic carbocycles. The Morgan fingerprint density at radius 3 is 2.29 bits per heavy atom. The van der Waals surface area contributed by atoms with Crippen molar-refractivity contribution in [3.63, 3.8) is 0 Å². The number of rotatable bonds is 2. The minimum atomic E-state index is -0.706. The molecule has 0 aliphatic heterocycles. The van der Waals surface area contributed by atoms with Crippen LogP contribution in [0.15, 0.2) is 42.5 Å². The quantitative estimate of drug-likeness (QED) is 0.812. The van der Waals surface area contributed by atoms with Gasteiger partial charge in [-0.1, -0.05) is 41.9 Å². The van der Waals surface area contributed by atoms with E-state index in [2.05, 4.69) is 0 Å². The molecule has 0 aliphatic rings. The molecule has 0 spiro atoms. The molecular weight excluding hydrogens is 244 g/mol. The van der Waals surface area contributed by atoms with Crippen LogP contribution in [0.25, 0.3) is 0 Å². The Bertz CT molecular complexity index is 528. The van der Waals surface area contributed by atoms with Crippen LogP contribution in [-0.2, 0) is 0 Å². The fourth-order valence-corrected chi connectivity index (χ4v) is 1.77. The zero-order chi connectivity index (χ0) is 12.4. The van der Waals surface area contributed by atoms with Crippen molar-refractivity contribution in [2.45, 2.75) is 6.04 Å². The van der Waals surface area contributed by atoms with Gasteiger partial charge >= 0.3 is 0 Å². The lowest BCUT2D eigenvalue weighted by atomic mass is 9.99. The van der Waals surface area contributed by atoms with Crippen LogP contribution < -0.4 is 5.73 Å². The third-order valence-electron chi connectivity index (χ3n) is 2.53. The van der Waals surface area contributed by atoms with Gasteiger partial charge in [-0.3, -0.25) is 0 Å². The summed E-state index contributed by atoms with van der Waals surface area (Å²) in [5.41, 5.74) is 6.70. The Balaban J connectivity index is 2.44. The second-order valence-corrected chi connectivity index (χ2v) is 4.08. The number of nitrogens with two attached hydrogens (primary N) is 1. The summed E-state index contributed by atoms with van der Waals surface area (Å²) >= 11 is 5.48. The van der Waals surface area contributed by atoms with Crippen LogP contribution in [0.4, 0.5) is 8.78 Å². The van der Waals surface area contributed by atoms with Crippen molar-refractivity contribution in [3.8, 4) is 0 Å². The average Bonchev–Trinajstić information content (AvgIpc) is 2.34. The van der Waals surface area contributed by atoms with Crippen LogP contribution in [0.5, 0.6) is 0 Å². The van der Waals surface area contributed by atoms with E-state index in [-0.39, 0.29) is 10.6 Å². The number of hydrogen-bond donors (Lipinski definition) is 1. The Morgan fingerprint density at radius 1 is 1.00 bits per heavy atom. The summed E-state index contributed by atoms with van der Waals surface area (Å²) in [4.78, 5) is 0. The lowest BCUT2D eigenvalue weighted by Crippen LogP contribution is -2.14. The largest absolute Gasteiger partial charge is 0.320 e. The standard InChI is InChI=1S/C13H10ClF2N/c14-10-7-11(15)9(6-12(10)16)13(17)8-4-2-1-3-5-8/h1-7,13H,17H2. The maximum absolute atomic E-state index is 13.6. The molecule has 1 nitrogen and oxygen atoms in total. The van der Waals surface area contributed by atoms with Gasteiger partial charge in [0.25, 0.3) is 0 Å². The molecular formula is C13H10ClF2N. The molecule has 1 unspecified atom stereocenters. The minimum absolute atomic E-state index is 0.0955. The van der Waals surface area contributed by atoms with Crippen molar-refractivity contribution >= 4 is 11.6 Å². The van der Waals surface area contributed by atoms with E-state index >= 15 is 0 Å². The van der Waals surface area contributed by atoms with Gasteiger partial charge in [-0.15, -0.1) is 0 Å². The first kappa shape index (κ1) is 12.0. The molecule has 0 aliphatic carbocycles. The molecule has 4 heteroatoms. The van der Waals surface area contributed by atoms with Crippen molar-refractivity contribution in [2.75, 3.05) is 0 Å². The average molecular weight is 254 g/mol. The van der Waals surface area contributed by atoms with E-state index in [1.165, 1.54) is 0 Å². The molecule has 2 N–H and O–H groups in total. The molecule has 88 valence electrons. The van der Waals surface area contributed by atoms with Gasteiger partial charge in [0.2, 0.25) is 0 Å². The third-order valence-corrected chi connectivity index (χ3v) is 2.82. The topological polar surface area (TPSA) is 26.0 Å². The van der Waals surface area contributed by atoms with Crippen molar-refractivity contribution in [3.05, 3.63) is 70.2 Å². The van der Waals surface area contributed by atoms with Gasteiger partial charge < -0.3 is 5.73 Å². The summed E-state index contributed by atoms with van der Waals surface area (Å²) < 4.78 is 26.9. The van der Waals surface area contributed by atoms with E-state index in [0.717, 1.165) is 12.1 Å². The van der Waals surface area contributed by atoms with Crippen molar-refractivity contribution in [2.24, 2.45) is 5.73 Å². The Morgan fingerprint density at radius 2 is 1.65 bits per heavy atom. The van der Waals surface area contributed by atoms with E-state index < -0.39 is 17.7 Å². The molecule has 0 radical (unpaired) electrons. The highest BCUT2D eigenvalue weighted by molar-refractivity contribution is 6.30. The summed E-state index contributed by atoms with van der Waals surface area (Å²) in [5, 5.41) is -0.244. The van der Waals surface area contributed by atoms with E-state index in [1.54, 1.807) is 24.3 Å². The molecule has 0 saturated heterocycles. The maximum Gasteiger partial charge on any atom is 0.142 e. The van der Waals surface area contributed by atoms with Gasteiger partial charge in [-0.25, -0.2) is 8.78 Å². The highest BCUT2D eigenvalue weighted by Crippen LogP contribution is 2.26. The fourth-order valence-electron chi connectivity index (χ4n) is 1.62. The first-order chi connectivity index (χ1) is 8.09. The zero-order valence-electron chi connectivity index (χ0n) is 8.83. The maximum atomic E-state index is 13.6. The molecule has 0 aromatic heterocycles. The van der Waals surface area contributed by atoms with Crippen LogP contribution >= 0.6 is 11.6 Å². The van der Waals surface area contributed by atoms with E-state index in [1.807, 2.05) is 6.07 Å². The molecule has 17 heavy (non-hydrogen) atoms. The minimum Gasteiger partial charge on any atom is -0.320 e. The number of halogens is 3. The summed E-state index contributed by atoms with van der Waals surface area (Å²) in [7, 11) is 0. The Kier molecular flexibility index (Phi) is 3.41. The number of hydrogen-bond acceptors (Lipinski definition) is 1. The first-order valence-corrected chi connectivity index (χ1v) is 5.42. The lowest BCUT2D eigenvalue weighted by Gasteiger charge is -2.13. The SMILES string of the molecule is NC(c1ccccc1)c1cc(F)c(Cl)cc1F. The van der Waals surface area contributed by atoms with E-state index in [0.29, 0.717) is 5.56 Å². The Hall–Kier alpha value is -1.45. The molecule has 0 heterocycles. The number of benzene rings is 2. The normalized spacial score (nSPS) is 12.5. The van der Waals surface area contributed by atoms with Crippen LogP contribution in [0, 0.1) is 11.6 Å². The molecule has 2 aromatic rings. The summed E-state index contributed by atoms with van der Waals surface area (Å²) in [6.07, 6.45) is 0. The smallest absolute Gasteiger partial charge is 0.142 e. The lowest BCUT2D eigenvalue weighted by molar-refractivity contribution is 0.577.